The van der Waals surface area contributed by atoms with Crippen LogP contribution in [-0.4, -0.2) is 9.78 Å². The van der Waals surface area contributed by atoms with Crippen LogP contribution in [0.3, 0.4) is 0 Å². The lowest BCUT2D eigenvalue weighted by atomic mass is 10.0. The SMILES string of the molecule is Cn1nc(-c2ccc(Br)s2)c(-c2ccc(Cl)cc2)c1N. The van der Waals surface area contributed by atoms with E-state index in [1.54, 1.807) is 16.0 Å². The number of nitrogens with zero attached hydrogens (tertiary/aromatic N) is 2. The second kappa shape index (κ2) is 5.24. The first-order valence-electron chi connectivity index (χ1n) is 5.90. The summed E-state index contributed by atoms with van der Waals surface area (Å²) < 4.78 is 2.77. The maximum absolute atomic E-state index is 6.18. The van der Waals surface area contributed by atoms with Gasteiger partial charge in [0.1, 0.15) is 11.5 Å². The van der Waals surface area contributed by atoms with Gasteiger partial charge < -0.3 is 5.73 Å². The molecule has 0 atom stereocenters. The Balaban J connectivity index is 2.21. The molecule has 20 heavy (non-hydrogen) atoms. The van der Waals surface area contributed by atoms with Gasteiger partial charge in [0.15, 0.2) is 0 Å². The molecule has 2 N–H and O–H groups in total. The minimum atomic E-state index is 0.645. The van der Waals surface area contributed by atoms with Crippen LogP contribution < -0.4 is 5.73 Å². The van der Waals surface area contributed by atoms with Crippen molar-refractivity contribution in [3.63, 3.8) is 0 Å². The maximum Gasteiger partial charge on any atom is 0.129 e. The van der Waals surface area contributed by atoms with Crippen molar-refractivity contribution in [2.24, 2.45) is 7.05 Å². The fourth-order valence-electron chi connectivity index (χ4n) is 2.05. The van der Waals surface area contributed by atoms with E-state index >= 15 is 0 Å². The van der Waals surface area contributed by atoms with Crippen LogP contribution in [0.4, 0.5) is 5.82 Å². The van der Waals surface area contributed by atoms with E-state index in [2.05, 4.69) is 21.0 Å². The van der Waals surface area contributed by atoms with Crippen molar-refractivity contribution >= 4 is 44.7 Å². The molecule has 0 radical (unpaired) electrons. The summed E-state index contributed by atoms with van der Waals surface area (Å²) in [6, 6.07) is 11.7. The van der Waals surface area contributed by atoms with E-state index < -0.39 is 0 Å². The van der Waals surface area contributed by atoms with E-state index in [0.29, 0.717) is 10.8 Å². The van der Waals surface area contributed by atoms with E-state index in [0.717, 1.165) is 25.5 Å². The van der Waals surface area contributed by atoms with Gasteiger partial charge in [0.25, 0.3) is 0 Å². The van der Waals surface area contributed by atoms with Crippen LogP contribution in [0.1, 0.15) is 0 Å². The fourth-order valence-corrected chi connectivity index (χ4v) is 3.56. The lowest BCUT2D eigenvalue weighted by Crippen LogP contribution is -1.97. The van der Waals surface area contributed by atoms with Crippen LogP contribution in [0.2, 0.25) is 5.02 Å². The van der Waals surface area contributed by atoms with Gasteiger partial charge >= 0.3 is 0 Å². The topological polar surface area (TPSA) is 43.8 Å². The third-order valence-electron chi connectivity index (χ3n) is 3.03. The molecule has 0 saturated carbocycles. The third kappa shape index (κ3) is 2.37. The highest BCUT2D eigenvalue weighted by atomic mass is 79.9. The third-order valence-corrected chi connectivity index (χ3v) is 4.91. The van der Waals surface area contributed by atoms with E-state index in [1.165, 1.54) is 0 Å². The van der Waals surface area contributed by atoms with E-state index in [4.69, 9.17) is 17.3 Å². The molecule has 102 valence electrons. The van der Waals surface area contributed by atoms with Crippen LogP contribution in [-0.2, 0) is 7.05 Å². The molecular weight excluding hydrogens is 358 g/mol. The smallest absolute Gasteiger partial charge is 0.129 e. The molecule has 0 aliphatic rings. The Kier molecular flexibility index (Phi) is 3.58. The molecule has 0 aliphatic carbocycles. The van der Waals surface area contributed by atoms with E-state index in [1.807, 2.05) is 43.4 Å². The van der Waals surface area contributed by atoms with Gasteiger partial charge in [-0.1, -0.05) is 23.7 Å². The predicted octanol–water partition coefficient (Wildman–Crippen LogP) is 4.81. The Labute approximate surface area is 134 Å². The van der Waals surface area contributed by atoms with Gasteiger partial charge in [-0.15, -0.1) is 11.3 Å². The zero-order valence-corrected chi connectivity index (χ0v) is 13.8. The Bertz CT molecular complexity index is 761. The summed E-state index contributed by atoms with van der Waals surface area (Å²) in [5.41, 5.74) is 9.03. The minimum Gasteiger partial charge on any atom is -0.383 e. The Morgan fingerprint density at radius 3 is 2.50 bits per heavy atom. The first kappa shape index (κ1) is 13.7. The van der Waals surface area contributed by atoms with Crippen LogP contribution in [0.5, 0.6) is 0 Å². The monoisotopic (exact) mass is 367 g/mol. The summed E-state index contributed by atoms with van der Waals surface area (Å²) in [6.07, 6.45) is 0. The number of aromatic nitrogens is 2. The molecule has 3 aromatic rings. The minimum absolute atomic E-state index is 0.645. The number of benzene rings is 1. The van der Waals surface area contributed by atoms with Crippen molar-refractivity contribution in [3.05, 3.63) is 45.2 Å². The zero-order valence-electron chi connectivity index (χ0n) is 10.6. The molecule has 0 aliphatic heterocycles. The molecule has 2 aromatic heterocycles. The summed E-state index contributed by atoms with van der Waals surface area (Å²) >= 11 is 11.1. The van der Waals surface area contributed by atoms with Gasteiger partial charge in [-0.2, -0.15) is 5.10 Å². The molecule has 0 spiro atoms. The van der Waals surface area contributed by atoms with Gasteiger partial charge in [0.2, 0.25) is 0 Å². The van der Waals surface area contributed by atoms with E-state index in [-0.39, 0.29) is 0 Å². The Morgan fingerprint density at radius 1 is 1.20 bits per heavy atom. The molecule has 0 unspecified atom stereocenters. The maximum atomic E-state index is 6.18. The lowest BCUT2D eigenvalue weighted by Gasteiger charge is -2.03. The number of hydrogen-bond acceptors (Lipinski definition) is 3. The molecule has 2 heterocycles. The first-order valence-corrected chi connectivity index (χ1v) is 7.89. The second-order valence-electron chi connectivity index (χ2n) is 4.34. The molecule has 0 saturated heterocycles. The van der Waals surface area contributed by atoms with Crippen molar-refractivity contribution in [3.8, 4) is 21.7 Å². The molecule has 3 rings (SSSR count). The highest BCUT2D eigenvalue weighted by molar-refractivity contribution is 9.11. The average molecular weight is 369 g/mol. The van der Waals surface area contributed by atoms with Gasteiger partial charge in [-0.25, -0.2) is 0 Å². The first-order chi connectivity index (χ1) is 9.56. The normalized spacial score (nSPS) is 10.9. The highest BCUT2D eigenvalue weighted by Crippen LogP contribution is 2.40. The Morgan fingerprint density at radius 2 is 1.90 bits per heavy atom. The number of halogens is 2. The van der Waals surface area contributed by atoms with Gasteiger partial charge in [0.05, 0.1) is 14.2 Å². The van der Waals surface area contributed by atoms with Crippen LogP contribution in [0, 0.1) is 0 Å². The summed E-state index contributed by atoms with van der Waals surface area (Å²) in [6.45, 7) is 0. The summed E-state index contributed by atoms with van der Waals surface area (Å²) in [5, 5.41) is 5.25. The summed E-state index contributed by atoms with van der Waals surface area (Å²) in [7, 11) is 1.85. The number of hydrogen-bond donors (Lipinski definition) is 1. The van der Waals surface area contributed by atoms with Crippen LogP contribution in [0.15, 0.2) is 40.2 Å². The van der Waals surface area contributed by atoms with Crippen molar-refractivity contribution < 1.29 is 0 Å². The number of nitrogens with two attached hydrogens (primary N) is 1. The number of rotatable bonds is 2. The van der Waals surface area contributed by atoms with Crippen molar-refractivity contribution in [1.82, 2.24) is 9.78 Å². The standard InChI is InChI=1S/C14H11BrClN3S/c1-19-14(17)12(8-2-4-9(16)5-3-8)13(18-19)10-6-7-11(15)20-10/h2-7H,17H2,1H3. The lowest BCUT2D eigenvalue weighted by molar-refractivity contribution is 0.783. The van der Waals surface area contributed by atoms with Crippen LogP contribution >= 0.6 is 38.9 Å². The van der Waals surface area contributed by atoms with Gasteiger partial charge in [-0.3, -0.25) is 4.68 Å². The average Bonchev–Trinajstić information content (AvgIpc) is 2.97. The van der Waals surface area contributed by atoms with Gasteiger partial charge in [0, 0.05) is 12.1 Å². The van der Waals surface area contributed by atoms with Gasteiger partial charge in [-0.05, 0) is 45.8 Å². The van der Waals surface area contributed by atoms with Crippen molar-refractivity contribution in [2.75, 3.05) is 5.73 Å². The number of aryl methyl sites for hydroxylation is 1. The number of anilines is 1. The molecule has 1 aromatic carbocycles. The molecular formula is C14H11BrClN3S. The fraction of sp³-hybridized carbons (Fsp3) is 0.0714. The van der Waals surface area contributed by atoms with Crippen molar-refractivity contribution in [1.29, 1.82) is 0 Å². The largest absolute Gasteiger partial charge is 0.383 e. The number of nitrogen functional groups attached to an aromatic ring is 1. The predicted molar refractivity (Wildman–Crippen MR) is 89.1 cm³/mol. The number of thiophene rings is 1. The second-order valence-corrected chi connectivity index (χ2v) is 7.24. The quantitative estimate of drug-likeness (QED) is 0.705. The van der Waals surface area contributed by atoms with Crippen molar-refractivity contribution in [2.45, 2.75) is 0 Å². The molecule has 3 nitrogen and oxygen atoms in total. The molecule has 0 fully saturated rings. The van der Waals surface area contributed by atoms with Crippen LogP contribution in [0.25, 0.3) is 21.7 Å². The Hall–Kier alpha value is -1.30. The summed E-state index contributed by atoms with van der Waals surface area (Å²) in [4.78, 5) is 1.08. The molecule has 6 heteroatoms. The summed E-state index contributed by atoms with van der Waals surface area (Å²) in [5.74, 6) is 0.645. The zero-order chi connectivity index (χ0) is 14.3. The highest BCUT2D eigenvalue weighted by Gasteiger charge is 2.18. The molecule has 0 amide bonds. The van der Waals surface area contributed by atoms with E-state index in [9.17, 15) is 0 Å². The molecule has 0 bridgehead atoms.